The Kier molecular flexibility index (Phi) is 6.96. The van der Waals surface area contributed by atoms with Gasteiger partial charge >= 0.3 is 5.97 Å². The third-order valence-corrected chi connectivity index (χ3v) is 5.05. The largest absolute Gasteiger partial charge is 0.481 e. The Morgan fingerprint density at radius 3 is 2.71 bits per heavy atom. The van der Waals surface area contributed by atoms with Gasteiger partial charge in [-0.2, -0.15) is 5.10 Å². The topological polar surface area (TPSA) is 136 Å². The van der Waals surface area contributed by atoms with Crippen LogP contribution in [0.3, 0.4) is 0 Å². The third kappa shape index (κ3) is 5.25. The number of nitrogens with one attached hydrogen (secondary N) is 3. The lowest BCUT2D eigenvalue weighted by atomic mass is 10.1. The van der Waals surface area contributed by atoms with Gasteiger partial charge in [-0.25, -0.2) is 0 Å². The molecule has 2 amide bonds. The van der Waals surface area contributed by atoms with Crippen molar-refractivity contribution in [2.75, 3.05) is 11.9 Å². The summed E-state index contributed by atoms with van der Waals surface area (Å²) in [5, 5.41) is 22.4. The zero-order valence-electron chi connectivity index (χ0n) is 17.5. The van der Waals surface area contributed by atoms with Crippen LogP contribution in [0.1, 0.15) is 58.6 Å². The molecule has 3 rings (SSSR count). The van der Waals surface area contributed by atoms with Gasteiger partial charge in [-0.15, -0.1) is 5.10 Å². The number of aromatic nitrogens is 1. The van der Waals surface area contributed by atoms with Crippen molar-refractivity contribution >= 4 is 35.4 Å². The number of hydrogen-bond acceptors (Lipinski definition) is 5. The molecular weight excluding hydrogens is 398 g/mol. The van der Waals surface area contributed by atoms with E-state index in [1.807, 2.05) is 19.1 Å². The first-order valence-electron chi connectivity index (χ1n) is 10.1. The van der Waals surface area contributed by atoms with Gasteiger partial charge in [-0.3, -0.25) is 14.4 Å². The number of carbonyl (C=O) groups is 3. The molecule has 2 aromatic rings. The zero-order chi connectivity index (χ0) is 22.4. The number of aliphatic carboxylic acids is 1. The van der Waals surface area contributed by atoms with Crippen LogP contribution in [0.4, 0.5) is 5.69 Å². The summed E-state index contributed by atoms with van der Waals surface area (Å²) in [6.07, 6.45) is 3.69. The van der Waals surface area contributed by atoms with Crippen LogP contribution in [-0.2, 0) is 9.59 Å². The van der Waals surface area contributed by atoms with E-state index in [1.165, 1.54) is 6.21 Å². The number of unbranched alkanes of at least 4 members (excludes halogenated alkanes) is 2. The van der Waals surface area contributed by atoms with E-state index in [4.69, 9.17) is 5.11 Å². The Morgan fingerprint density at radius 2 is 1.94 bits per heavy atom. The van der Waals surface area contributed by atoms with Crippen LogP contribution in [0, 0.1) is 13.8 Å². The molecule has 1 aromatic carbocycles. The summed E-state index contributed by atoms with van der Waals surface area (Å²) >= 11 is 0. The lowest BCUT2D eigenvalue weighted by Crippen LogP contribution is -2.25. The highest BCUT2D eigenvalue weighted by molar-refractivity contribution is 6.53. The van der Waals surface area contributed by atoms with Crippen molar-refractivity contribution in [2.24, 2.45) is 10.2 Å². The Balaban J connectivity index is 1.63. The number of benzene rings is 1. The van der Waals surface area contributed by atoms with Crippen LogP contribution in [0.15, 0.2) is 34.5 Å². The van der Waals surface area contributed by atoms with E-state index in [0.717, 1.165) is 18.4 Å². The van der Waals surface area contributed by atoms with Gasteiger partial charge in [0.15, 0.2) is 5.71 Å². The number of para-hydroxylation sites is 1. The van der Waals surface area contributed by atoms with Crippen LogP contribution in [0.5, 0.6) is 0 Å². The van der Waals surface area contributed by atoms with Crippen LogP contribution in [0.25, 0.3) is 0 Å². The maximum Gasteiger partial charge on any atom is 0.303 e. The summed E-state index contributed by atoms with van der Waals surface area (Å²) in [4.78, 5) is 38.3. The number of carbonyl (C=O) groups excluding carboxylic acids is 2. The second-order valence-corrected chi connectivity index (χ2v) is 7.32. The predicted octanol–water partition coefficient (Wildman–Crippen LogP) is 2.78. The molecule has 9 heteroatoms. The smallest absolute Gasteiger partial charge is 0.303 e. The van der Waals surface area contributed by atoms with Gasteiger partial charge in [0.25, 0.3) is 11.8 Å². The van der Waals surface area contributed by atoms with Crippen molar-refractivity contribution in [1.82, 2.24) is 10.3 Å². The predicted molar refractivity (Wildman–Crippen MR) is 118 cm³/mol. The minimum Gasteiger partial charge on any atom is -0.481 e. The molecule has 0 saturated carbocycles. The monoisotopic (exact) mass is 423 g/mol. The standard InChI is InChI=1S/C22H25N5O4/c1-13-17(12-24-27-20-15-8-5-6-9-16(15)26-22(20)31)25-14(2)19(13)21(30)23-11-7-3-4-10-18(28)29/h5-6,8-9,12,25H,3-4,7,10-11H2,1-2H3,(H,23,30)(H,28,29)(H,26,27,31). The van der Waals surface area contributed by atoms with Gasteiger partial charge in [0.2, 0.25) is 0 Å². The first kappa shape index (κ1) is 21.9. The fourth-order valence-electron chi connectivity index (χ4n) is 3.46. The Labute approximate surface area is 179 Å². The van der Waals surface area contributed by atoms with Crippen molar-refractivity contribution in [3.8, 4) is 0 Å². The zero-order valence-corrected chi connectivity index (χ0v) is 17.5. The second kappa shape index (κ2) is 9.84. The molecule has 0 unspecified atom stereocenters. The number of H-pyrrole nitrogens is 1. The number of anilines is 1. The average molecular weight is 423 g/mol. The summed E-state index contributed by atoms with van der Waals surface area (Å²) in [7, 11) is 0. The van der Waals surface area contributed by atoms with E-state index >= 15 is 0 Å². The highest BCUT2D eigenvalue weighted by Crippen LogP contribution is 2.23. The first-order chi connectivity index (χ1) is 14.9. The first-order valence-corrected chi connectivity index (χ1v) is 10.1. The van der Waals surface area contributed by atoms with Gasteiger partial charge in [-0.1, -0.05) is 24.6 Å². The molecule has 0 aliphatic carbocycles. The fourth-order valence-corrected chi connectivity index (χ4v) is 3.46. The number of rotatable bonds is 9. The van der Waals surface area contributed by atoms with Crippen molar-refractivity contribution < 1.29 is 19.5 Å². The Bertz CT molecular complexity index is 1070. The summed E-state index contributed by atoms with van der Waals surface area (Å²) in [5.41, 5.74) is 4.28. The number of nitrogens with zero attached hydrogens (tertiary/aromatic N) is 2. The fraction of sp³-hybridized carbons (Fsp3) is 0.318. The Morgan fingerprint density at radius 1 is 1.16 bits per heavy atom. The van der Waals surface area contributed by atoms with Gasteiger partial charge < -0.3 is 20.7 Å². The van der Waals surface area contributed by atoms with E-state index in [2.05, 4.69) is 25.8 Å². The average Bonchev–Trinajstić information content (AvgIpc) is 3.19. The van der Waals surface area contributed by atoms with E-state index in [0.29, 0.717) is 41.2 Å². The Hall–Kier alpha value is -3.75. The van der Waals surface area contributed by atoms with Crippen LogP contribution >= 0.6 is 0 Å². The summed E-state index contributed by atoms with van der Waals surface area (Å²) in [5.74, 6) is -1.31. The number of hydrogen-bond donors (Lipinski definition) is 4. The molecule has 1 aliphatic heterocycles. The molecule has 0 spiro atoms. The molecule has 31 heavy (non-hydrogen) atoms. The maximum absolute atomic E-state index is 12.6. The summed E-state index contributed by atoms with van der Waals surface area (Å²) in [6.45, 7) is 4.10. The van der Waals surface area contributed by atoms with Gasteiger partial charge in [0.1, 0.15) is 0 Å². The second-order valence-electron chi connectivity index (χ2n) is 7.32. The summed E-state index contributed by atoms with van der Waals surface area (Å²) in [6, 6.07) is 7.26. The van der Waals surface area contributed by atoms with Crippen LogP contribution < -0.4 is 10.6 Å². The lowest BCUT2D eigenvalue weighted by Gasteiger charge is -2.05. The molecular formula is C22H25N5O4. The molecule has 162 valence electrons. The molecule has 9 nitrogen and oxygen atoms in total. The van der Waals surface area contributed by atoms with Gasteiger partial charge in [0.05, 0.1) is 23.2 Å². The number of carboxylic acid groups (broad SMARTS) is 1. The third-order valence-electron chi connectivity index (χ3n) is 5.05. The van der Waals surface area contributed by atoms with Crippen molar-refractivity contribution in [3.05, 3.63) is 52.3 Å². The minimum atomic E-state index is -0.806. The highest BCUT2D eigenvalue weighted by atomic mass is 16.4. The number of amides is 2. The number of fused-ring (bicyclic) bond motifs is 1. The molecule has 0 radical (unpaired) electrons. The lowest BCUT2D eigenvalue weighted by molar-refractivity contribution is -0.137. The SMILES string of the molecule is Cc1[nH]c(C=NN=C2C(=O)Nc3ccccc32)c(C)c1C(=O)NCCCCCC(=O)O. The molecule has 0 fully saturated rings. The van der Waals surface area contributed by atoms with E-state index < -0.39 is 5.97 Å². The van der Waals surface area contributed by atoms with E-state index in [9.17, 15) is 14.4 Å². The van der Waals surface area contributed by atoms with E-state index in [1.54, 1.807) is 19.1 Å². The van der Waals surface area contributed by atoms with Crippen molar-refractivity contribution in [3.63, 3.8) is 0 Å². The molecule has 0 saturated heterocycles. The number of carboxylic acids is 1. The minimum absolute atomic E-state index is 0.143. The normalized spacial score (nSPS) is 14.1. The van der Waals surface area contributed by atoms with Crippen LogP contribution in [0.2, 0.25) is 0 Å². The van der Waals surface area contributed by atoms with Gasteiger partial charge in [-0.05, 0) is 38.3 Å². The number of aryl methyl sites for hydroxylation is 1. The van der Waals surface area contributed by atoms with Crippen molar-refractivity contribution in [1.29, 1.82) is 0 Å². The molecule has 1 aromatic heterocycles. The quantitative estimate of drug-likeness (QED) is 0.280. The molecule has 2 heterocycles. The molecule has 0 bridgehead atoms. The summed E-state index contributed by atoms with van der Waals surface area (Å²) < 4.78 is 0. The van der Waals surface area contributed by atoms with E-state index in [-0.39, 0.29) is 23.9 Å². The van der Waals surface area contributed by atoms with Gasteiger partial charge in [0, 0.05) is 24.2 Å². The van der Waals surface area contributed by atoms with Crippen LogP contribution in [-0.4, -0.2) is 46.3 Å². The number of aromatic amines is 1. The molecule has 1 aliphatic rings. The van der Waals surface area contributed by atoms with Crippen molar-refractivity contribution in [2.45, 2.75) is 39.5 Å². The molecule has 0 atom stereocenters. The molecule has 4 N–H and O–H groups in total. The maximum atomic E-state index is 12.6. The highest BCUT2D eigenvalue weighted by Gasteiger charge is 2.25.